The molecule has 1 fully saturated rings. The predicted molar refractivity (Wildman–Crippen MR) is 138 cm³/mol. The van der Waals surface area contributed by atoms with Crippen LogP contribution in [0.3, 0.4) is 0 Å². The lowest BCUT2D eigenvalue weighted by atomic mass is 10.1. The van der Waals surface area contributed by atoms with E-state index in [9.17, 15) is 13.2 Å². The minimum absolute atomic E-state index is 0.0616. The summed E-state index contributed by atoms with van der Waals surface area (Å²) < 4.78 is 28.8. The van der Waals surface area contributed by atoms with Crippen molar-refractivity contribution < 1.29 is 13.2 Å². The number of aromatic nitrogens is 1. The number of nitrogens with zero attached hydrogens (tertiary/aromatic N) is 2. The summed E-state index contributed by atoms with van der Waals surface area (Å²) in [6.07, 6.45) is 1.58. The Labute approximate surface area is 203 Å². The van der Waals surface area contributed by atoms with Crippen molar-refractivity contribution in [2.45, 2.75) is 24.1 Å². The topological polar surface area (TPSA) is 79.4 Å². The van der Waals surface area contributed by atoms with Gasteiger partial charge in [-0.05, 0) is 66.9 Å². The van der Waals surface area contributed by atoms with E-state index in [1.54, 1.807) is 48.3 Å². The highest BCUT2D eigenvalue weighted by atomic mass is 32.2. The van der Waals surface area contributed by atoms with Crippen LogP contribution in [0.1, 0.15) is 22.1 Å². The van der Waals surface area contributed by atoms with Crippen molar-refractivity contribution in [3.8, 4) is 0 Å². The zero-order valence-electron chi connectivity index (χ0n) is 18.7. The van der Waals surface area contributed by atoms with Crippen molar-refractivity contribution in [2.75, 3.05) is 15.4 Å². The van der Waals surface area contributed by atoms with Gasteiger partial charge in [0.2, 0.25) is 5.91 Å². The second-order valence-corrected chi connectivity index (χ2v) is 11.0. The maximum atomic E-state index is 13.1. The van der Waals surface area contributed by atoms with Crippen molar-refractivity contribution in [2.24, 2.45) is 0 Å². The van der Waals surface area contributed by atoms with Crippen LogP contribution >= 0.6 is 11.8 Å². The maximum Gasteiger partial charge on any atom is 0.264 e. The first-order valence-electron chi connectivity index (χ1n) is 10.8. The maximum absolute atomic E-state index is 13.1. The lowest BCUT2D eigenvalue weighted by molar-refractivity contribution is -0.115. The molecule has 2 heterocycles. The standard InChI is InChI=1S/C26H23N3O3S2/c1-17-8-13-22(15-18(17)2)29-24(30)16-33-26(29)20-9-11-21(12-10-20)28-34(31,32)23-7-3-5-19-6-4-14-27-25(19)23/h3-15,26,28H,16H2,1-2H3. The number of benzene rings is 3. The molecule has 4 aromatic rings. The Morgan fingerprint density at radius 2 is 1.74 bits per heavy atom. The first-order valence-corrected chi connectivity index (χ1v) is 13.3. The molecule has 8 heteroatoms. The smallest absolute Gasteiger partial charge is 0.264 e. The van der Waals surface area contributed by atoms with E-state index in [1.807, 2.05) is 61.2 Å². The number of hydrogen-bond donors (Lipinski definition) is 1. The zero-order valence-corrected chi connectivity index (χ0v) is 20.4. The second-order valence-electron chi connectivity index (χ2n) is 8.25. The van der Waals surface area contributed by atoms with Gasteiger partial charge in [0.05, 0.1) is 11.3 Å². The number of anilines is 2. The van der Waals surface area contributed by atoms with Crippen LogP contribution < -0.4 is 9.62 Å². The van der Waals surface area contributed by atoms with E-state index in [0.29, 0.717) is 17.0 Å². The van der Waals surface area contributed by atoms with E-state index < -0.39 is 10.0 Å². The minimum Gasteiger partial charge on any atom is -0.295 e. The third kappa shape index (κ3) is 4.15. The Hall–Kier alpha value is -3.36. The van der Waals surface area contributed by atoms with E-state index in [4.69, 9.17) is 0 Å². The Morgan fingerprint density at radius 1 is 0.971 bits per heavy atom. The average Bonchev–Trinajstić information content (AvgIpc) is 3.22. The first kappa shape index (κ1) is 22.4. The number of thioether (sulfide) groups is 1. The Kier molecular flexibility index (Phi) is 5.79. The molecule has 3 aromatic carbocycles. The molecule has 1 aliphatic rings. The van der Waals surface area contributed by atoms with Gasteiger partial charge in [-0.15, -0.1) is 11.8 Å². The van der Waals surface area contributed by atoms with Crippen molar-refractivity contribution >= 4 is 50.0 Å². The van der Waals surface area contributed by atoms with Gasteiger partial charge >= 0.3 is 0 Å². The zero-order chi connectivity index (χ0) is 23.9. The first-order chi connectivity index (χ1) is 16.3. The quantitative estimate of drug-likeness (QED) is 0.404. The monoisotopic (exact) mass is 489 g/mol. The summed E-state index contributed by atoms with van der Waals surface area (Å²) in [6.45, 7) is 4.08. The number of sulfonamides is 1. The Balaban J connectivity index is 1.41. The molecule has 34 heavy (non-hydrogen) atoms. The van der Waals surface area contributed by atoms with Gasteiger partial charge in [-0.25, -0.2) is 8.42 Å². The highest BCUT2D eigenvalue weighted by molar-refractivity contribution is 8.00. The van der Waals surface area contributed by atoms with Gasteiger partial charge < -0.3 is 0 Å². The van der Waals surface area contributed by atoms with Crippen LogP contribution in [-0.2, 0) is 14.8 Å². The van der Waals surface area contributed by atoms with Gasteiger partial charge in [0.1, 0.15) is 10.3 Å². The molecule has 0 radical (unpaired) electrons. The Morgan fingerprint density at radius 3 is 2.50 bits per heavy atom. The molecule has 172 valence electrons. The van der Waals surface area contributed by atoms with E-state index in [1.165, 1.54) is 5.56 Å². The summed E-state index contributed by atoms with van der Waals surface area (Å²) in [6, 6.07) is 21.9. The molecule has 0 spiro atoms. The summed E-state index contributed by atoms with van der Waals surface area (Å²) in [5, 5.41) is 0.595. The molecule has 6 nitrogen and oxygen atoms in total. The lowest BCUT2D eigenvalue weighted by Gasteiger charge is -2.25. The van der Waals surface area contributed by atoms with E-state index in [-0.39, 0.29) is 16.2 Å². The molecule has 1 atom stereocenters. The lowest BCUT2D eigenvalue weighted by Crippen LogP contribution is -2.27. The summed E-state index contributed by atoms with van der Waals surface area (Å²) >= 11 is 1.56. The van der Waals surface area contributed by atoms with Crippen molar-refractivity contribution in [1.29, 1.82) is 0 Å². The van der Waals surface area contributed by atoms with Crippen LogP contribution in [0.2, 0.25) is 0 Å². The minimum atomic E-state index is -3.83. The number of pyridine rings is 1. The Bertz CT molecular complexity index is 1500. The molecule has 1 unspecified atom stereocenters. The normalized spacial score (nSPS) is 16.2. The molecule has 0 aliphatic carbocycles. The van der Waals surface area contributed by atoms with E-state index in [2.05, 4.69) is 9.71 Å². The number of carbonyl (C=O) groups is 1. The number of rotatable bonds is 5. The SMILES string of the molecule is Cc1ccc(N2C(=O)CSC2c2ccc(NS(=O)(=O)c3cccc4cccnc34)cc2)cc1C. The van der Waals surface area contributed by atoms with Gasteiger partial charge in [0.15, 0.2) is 0 Å². The van der Waals surface area contributed by atoms with Crippen LogP contribution in [0.5, 0.6) is 0 Å². The fourth-order valence-electron chi connectivity index (χ4n) is 4.04. The summed E-state index contributed by atoms with van der Waals surface area (Å²) in [7, 11) is -3.83. The van der Waals surface area contributed by atoms with Crippen molar-refractivity contribution in [3.05, 3.63) is 95.7 Å². The number of hydrogen-bond acceptors (Lipinski definition) is 5. The number of para-hydroxylation sites is 1. The molecule has 1 aliphatic heterocycles. The average molecular weight is 490 g/mol. The predicted octanol–water partition coefficient (Wildman–Crippen LogP) is 5.43. The fourth-order valence-corrected chi connectivity index (χ4v) is 6.46. The van der Waals surface area contributed by atoms with Crippen LogP contribution in [0.15, 0.2) is 83.9 Å². The number of amides is 1. The fraction of sp³-hybridized carbons (Fsp3) is 0.154. The van der Waals surface area contributed by atoms with E-state index >= 15 is 0 Å². The molecule has 0 saturated carbocycles. The molecular weight excluding hydrogens is 466 g/mol. The van der Waals surface area contributed by atoms with Crippen molar-refractivity contribution in [3.63, 3.8) is 0 Å². The molecule has 1 N–H and O–H groups in total. The van der Waals surface area contributed by atoms with Crippen LogP contribution in [0.25, 0.3) is 10.9 Å². The molecule has 1 amide bonds. The number of fused-ring (bicyclic) bond motifs is 1. The van der Waals surface area contributed by atoms with Gasteiger partial charge in [0.25, 0.3) is 10.0 Å². The molecule has 5 rings (SSSR count). The van der Waals surface area contributed by atoms with Gasteiger partial charge in [-0.1, -0.05) is 36.4 Å². The number of carbonyl (C=O) groups excluding carboxylic acids is 1. The highest BCUT2D eigenvalue weighted by Crippen LogP contribution is 2.42. The molecule has 1 saturated heterocycles. The summed E-state index contributed by atoms with van der Waals surface area (Å²) in [5.41, 5.74) is 4.99. The molecule has 1 aromatic heterocycles. The van der Waals surface area contributed by atoms with Crippen LogP contribution in [-0.4, -0.2) is 25.1 Å². The van der Waals surface area contributed by atoms with Crippen LogP contribution in [0.4, 0.5) is 11.4 Å². The summed E-state index contributed by atoms with van der Waals surface area (Å²) in [5.74, 6) is 0.464. The van der Waals surface area contributed by atoms with Gasteiger partial charge in [-0.2, -0.15) is 0 Å². The summed E-state index contributed by atoms with van der Waals surface area (Å²) in [4.78, 5) is 18.9. The second kappa shape index (κ2) is 8.77. The van der Waals surface area contributed by atoms with Gasteiger partial charge in [-0.3, -0.25) is 19.4 Å². The largest absolute Gasteiger partial charge is 0.295 e. The third-order valence-electron chi connectivity index (χ3n) is 5.97. The number of nitrogens with one attached hydrogen (secondary N) is 1. The highest BCUT2D eigenvalue weighted by Gasteiger charge is 2.34. The molecular formula is C26H23N3O3S2. The van der Waals surface area contributed by atoms with Crippen molar-refractivity contribution in [1.82, 2.24) is 4.98 Å². The number of aryl methyl sites for hydroxylation is 2. The molecule has 0 bridgehead atoms. The van der Waals surface area contributed by atoms with Gasteiger partial charge in [0, 0.05) is 23.0 Å². The van der Waals surface area contributed by atoms with Crippen LogP contribution in [0, 0.1) is 13.8 Å². The van der Waals surface area contributed by atoms with E-state index in [0.717, 1.165) is 22.2 Å². The third-order valence-corrected chi connectivity index (χ3v) is 8.60.